The number of nitrogens with one attached hydrogen (secondary N) is 1. The Kier molecular flexibility index (Phi) is 6.62. The minimum Gasteiger partial charge on any atom is -0.351 e. The number of aromatic nitrogens is 2. The van der Waals surface area contributed by atoms with Crippen molar-refractivity contribution < 1.29 is 4.79 Å². The number of para-hydroxylation sites is 1. The maximum absolute atomic E-state index is 12.6. The van der Waals surface area contributed by atoms with Crippen molar-refractivity contribution in [1.29, 1.82) is 0 Å². The van der Waals surface area contributed by atoms with Gasteiger partial charge in [0, 0.05) is 25.2 Å². The van der Waals surface area contributed by atoms with Gasteiger partial charge >= 0.3 is 0 Å². The van der Waals surface area contributed by atoms with Crippen molar-refractivity contribution in [1.82, 2.24) is 20.0 Å². The molecule has 2 aromatic rings. The van der Waals surface area contributed by atoms with E-state index in [1.54, 1.807) is 11.6 Å². The van der Waals surface area contributed by atoms with Crippen LogP contribution in [0, 0.1) is 6.92 Å². The van der Waals surface area contributed by atoms with Crippen LogP contribution in [-0.2, 0) is 0 Å². The van der Waals surface area contributed by atoms with Gasteiger partial charge in [-0.1, -0.05) is 29.8 Å². The number of carbonyl (C=O) groups is 1. The first-order valence-corrected chi connectivity index (χ1v) is 9.05. The van der Waals surface area contributed by atoms with E-state index in [0.717, 1.165) is 12.2 Å². The zero-order valence-electron chi connectivity index (χ0n) is 15.6. The van der Waals surface area contributed by atoms with Gasteiger partial charge in [-0.15, -0.1) is 0 Å². The molecule has 0 saturated carbocycles. The third-order valence-electron chi connectivity index (χ3n) is 4.21. The average molecular weight is 363 g/mol. The Hall–Kier alpha value is -1.85. The molecule has 1 aromatic carbocycles. The molecule has 0 fully saturated rings. The van der Waals surface area contributed by atoms with Crippen molar-refractivity contribution in [3.05, 3.63) is 46.7 Å². The van der Waals surface area contributed by atoms with E-state index in [1.165, 1.54) is 0 Å². The van der Waals surface area contributed by atoms with E-state index in [9.17, 15) is 4.79 Å². The number of benzene rings is 1. The first-order chi connectivity index (χ1) is 11.8. The zero-order chi connectivity index (χ0) is 18.6. The lowest BCUT2D eigenvalue weighted by atomic mass is 10.2. The smallest absolute Gasteiger partial charge is 0.256 e. The molecule has 0 aliphatic rings. The summed E-state index contributed by atoms with van der Waals surface area (Å²) in [6, 6.07) is 10.4. The molecule has 2 rings (SSSR count). The summed E-state index contributed by atoms with van der Waals surface area (Å²) in [6.07, 6.45) is 0. The molecule has 1 N–H and O–H groups in total. The minimum atomic E-state index is -0.183. The normalized spacial score (nSPS) is 11.6. The number of hydrogen-bond acceptors (Lipinski definition) is 3. The van der Waals surface area contributed by atoms with Crippen molar-refractivity contribution >= 4 is 17.5 Å². The van der Waals surface area contributed by atoms with Crippen LogP contribution in [0.1, 0.15) is 43.7 Å². The third-order valence-corrected chi connectivity index (χ3v) is 4.56. The Morgan fingerprint density at radius 3 is 2.36 bits per heavy atom. The van der Waals surface area contributed by atoms with Crippen molar-refractivity contribution in [2.24, 2.45) is 0 Å². The first-order valence-electron chi connectivity index (χ1n) is 8.67. The highest BCUT2D eigenvalue weighted by atomic mass is 35.5. The van der Waals surface area contributed by atoms with E-state index in [0.29, 0.717) is 35.0 Å². The second kappa shape index (κ2) is 8.50. The van der Waals surface area contributed by atoms with Gasteiger partial charge in [0.2, 0.25) is 0 Å². The molecule has 5 nitrogen and oxygen atoms in total. The van der Waals surface area contributed by atoms with Gasteiger partial charge in [-0.05, 0) is 46.8 Å². The maximum Gasteiger partial charge on any atom is 0.256 e. The summed E-state index contributed by atoms with van der Waals surface area (Å²) < 4.78 is 1.60. The van der Waals surface area contributed by atoms with Crippen LogP contribution in [0.4, 0.5) is 0 Å². The zero-order valence-corrected chi connectivity index (χ0v) is 16.3. The van der Waals surface area contributed by atoms with Crippen LogP contribution in [0.5, 0.6) is 0 Å². The van der Waals surface area contributed by atoms with E-state index in [2.05, 4.69) is 43.0 Å². The molecular formula is C19H27ClN4O. The fraction of sp³-hybridized carbons (Fsp3) is 0.474. The molecule has 0 atom stereocenters. The molecule has 25 heavy (non-hydrogen) atoms. The fourth-order valence-corrected chi connectivity index (χ4v) is 3.35. The molecule has 0 aliphatic heterocycles. The Labute approximate surface area is 155 Å². The Bertz CT molecular complexity index is 702. The highest BCUT2D eigenvalue weighted by Crippen LogP contribution is 2.23. The second-order valence-electron chi connectivity index (χ2n) is 6.68. The number of nitrogens with zero attached hydrogens (tertiary/aromatic N) is 3. The van der Waals surface area contributed by atoms with E-state index in [-0.39, 0.29) is 5.91 Å². The average Bonchev–Trinajstić information content (AvgIpc) is 2.86. The lowest BCUT2D eigenvalue weighted by Gasteiger charge is -2.30. The van der Waals surface area contributed by atoms with Crippen LogP contribution in [0.15, 0.2) is 30.3 Å². The highest BCUT2D eigenvalue weighted by molar-refractivity contribution is 6.33. The summed E-state index contributed by atoms with van der Waals surface area (Å²) in [5.74, 6) is -0.183. The molecule has 0 aliphatic carbocycles. The number of halogens is 1. The summed E-state index contributed by atoms with van der Waals surface area (Å²) in [6.45, 7) is 11.8. The molecule has 1 heterocycles. The predicted octanol–water partition coefficient (Wildman–Crippen LogP) is 3.68. The summed E-state index contributed by atoms with van der Waals surface area (Å²) in [7, 11) is 0. The predicted molar refractivity (Wildman–Crippen MR) is 103 cm³/mol. The van der Waals surface area contributed by atoms with E-state index in [1.807, 2.05) is 30.3 Å². The molecule has 1 amide bonds. The molecule has 0 radical (unpaired) electrons. The van der Waals surface area contributed by atoms with Crippen LogP contribution in [0.2, 0.25) is 5.15 Å². The number of rotatable bonds is 7. The van der Waals surface area contributed by atoms with Gasteiger partial charge in [0.1, 0.15) is 5.15 Å². The molecule has 0 unspecified atom stereocenters. The Balaban J connectivity index is 2.09. The second-order valence-corrected chi connectivity index (χ2v) is 7.04. The SMILES string of the molecule is Cc1nn(-c2ccccc2)c(Cl)c1C(=O)NCCN(C(C)C)C(C)C. The van der Waals surface area contributed by atoms with E-state index < -0.39 is 0 Å². The number of carbonyl (C=O) groups excluding carboxylic acids is 1. The van der Waals surface area contributed by atoms with E-state index >= 15 is 0 Å². The van der Waals surface area contributed by atoms with Gasteiger partial charge in [-0.25, -0.2) is 4.68 Å². The van der Waals surface area contributed by atoms with Gasteiger partial charge in [0.15, 0.2) is 0 Å². The van der Waals surface area contributed by atoms with E-state index in [4.69, 9.17) is 11.6 Å². The van der Waals surface area contributed by atoms with Crippen molar-refractivity contribution in [3.63, 3.8) is 0 Å². The van der Waals surface area contributed by atoms with Crippen LogP contribution < -0.4 is 5.32 Å². The van der Waals surface area contributed by atoms with Crippen molar-refractivity contribution in [2.75, 3.05) is 13.1 Å². The monoisotopic (exact) mass is 362 g/mol. The topological polar surface area (TPSA) is 50.2 Å². The quantitative estimate of drug-likeness (QED) is 0.817. The summed E-state index contributed by atoms with van der Waals surface area (Å²) in [5.41, 5.74) is 1.89. The van der Waals surface area contributed by atoms with Gasteiger partial charge in [-0.2, -0.15) is 5.10 Å². The van der Waals surface area contributed by atoms with Gasteiger partial charge in [0.25, 0.3) is 5.91 Å². The molecule has 0 spiro atoms. The first kappa shape index (κ1) is 19.5. The number of amides is 1. The highest BCUT2D eigenvalue weighted by Gasteiger charge is 2.21. The van der Waals surface area contributed by atoms with Crippen LogP contribution in [0.3, 0.4) is 0 Å². The number of hydrogen-bond donors (Lipinski definition) is 1. The Morgan fingerprint density at radius 2 is 1.80 bits per heavy atom. The van der Waals surface area contributed by atoms with Gasteiger partial charge in [0.05, 0.1) is 16.9 Å². The largest absolute Gasteiger partial charge is 0.351 e. The van der Waals surface area contributed by atoms with Crippen LogP contribution >= 0.6 is 11.6 Å². The van der Waals surface area contributed by atoms with Gasteiger partial charge in [-0.3, -0.25) is 9.69 Å². The molecule has 136 valence electrons. The molecule has 1 aromatic heterocycles. The standard InChI is InChI=1S/C19H27ClN4O/c1-13(2)23(14(3)4)12-11-21-19(25)17-15(5)22-24(18(17)20)16-9-7-6-8-10-16/h6-10,13-14H,11-12H2,1-5H3,(H,21,25). The van der Waals surface area contributed by atoms with Crippen molar-refractivity contribution in [3.8, 4) is 5.69 Å². The fourth-order valence-electron chi connectivity index (χ4n) is 3.00. The van der Waals surface area contributed by atoms with Crippen molar-refractivity contribution in [2.45, 2.75) is 46.7 Å². The van der Waals surface area contributed by atoms with Crippen LogP contribution in [-0.4, -0.2) is 45.8 Å². The van der Waals surface area contributed by atoms with Gasteiger partial charge < -0.3 is 5.32 Å². The molecule has 6 heteroatoms. The lowest BCUT2D eigenvalue weighted by Crippen LogP contribution is -2.42. The molecule has 0 bridgehead atoms. The summed E-state index contributed by atoms with van der Waals surface area (Å²) in [4.78, 5) is 14.9. The third kappa shape index (κ3) is 4.61. The Morgan fingerprint density at radius 1 is 1.20 bits per heavy atom. The summed E-state index contributed by atoms with van der Waals surface area (Å²) >= 11 is 6.43. The minimum absolute atomic E-state index is 0.183. The molecule has 0 saturated heterocycles. The number of aryl methyl sites for hydroxylation is 1. The molecular weight excluding hydrogens is 336 g/mol. The maximum atomic E-state index is 12.6. The lowest BCUT2D eigenvalue weighted by molar-refractivity contribution is 0.0939. The van der Waals surface area contributed by atoms with Crippen LogP contribution in [0.25, 0.3) is 5.69 Å². The summed E-state index contributed by atoms with van der Waals surface area (Å²) in [5, 5.41) is 7.72.